The van der Waals surface area contributed by atoms with Crippen molar-refractivity contribution in [2.24, 2.45) is 0 Å². The summed E-state index contributed by atoms with van der Waals surface area (Å²) in [4.78, 5) is 12.6. The highest BCUT2D eigenvalue weighted by atomic mass is 16.4. The van der Waals surface area contributed by atoms with Gasteiger partial charge in [-0.2, -0.15) is 5.26 Å². The largest absolute Gasteiger partial charge is 0.476 e. The van der Waals surface area contributed by atoms with E-state index in [0.29, 0.717) is 19.5 Å². The van der Waals surface area contributed by atoms with E-state index in [0.717, 1.165) is 0 Å². The van der Waals surface area contributed by atoms with Crippen molar-refractivity contribution in [2.45, 2.75) is 25.9 Å². The van der Waals surface area contributed by atoms with Crippen LogP contribution in [0.15, 0.2) is 6.20 Å². The summed E-state index contributed by atoms with van der Waals surface area (Å²) in [6.45, 7) is 3.20. The van der Waals surface area contributed by atoms with Gasteiger partial charge in [0.25, 0.3) is 0 Å². The molecule has 1 heterocycles. The normalized spacial score (nSPS) is 12.4. The zero-order valence-corrected chi connectivity index (χ0v) is 9.87. The number of likely N-dealkylation sites (N-methyl/N-ethyl adjacent to an activating group) is 1. The molecule has 0 radical (unpaired) electrons. The Morgan fingerprint density at radius 2 is 2.47 bits per heavy atom. The number of nitriles is 1. The highest BCUT2D eigenvalue weighted by Gasteiger charge is 2.11. The molecule has 1 atom stereocenters. The van der Waals surface area contributed by atoms with Crippen molar-refractivity contribution in [3.63, 3.8) is 0 Å². The number of aromatic carboxylic acids is 1. The predicted molar refractivity (Wildman–Crippen MR) is 59.3 cm³/mol. The summed E-state index contributed by atoms with van der Waals surface area (Å²) in [6.07, 6.45) is 1.86. The molecular weight excluding hydrogens is 222 g/mol. The van der Waals surface area contributed by atoms with Crippen molar-refractivity contribution in [3.05, 3.63) is 11.9 Å². The number of aromatic nitrogens is 3. The molecule has 1 unspecified atom stereocenters. The van der Waals surface area contributed by atoms with Gasteiger partial charge >= 0.3 is 5.97 Å². The van der Waals surface area contributed by atoms with Gasteiger partial charge in [0.15, 0.2) is 5.69 Å². The van der Waals surface area contributed by atoms with Crippen LogP contribution in [-0.4, -0.2) is 50.6 Å². The maximum atomic E-state index is 10.6. The Balaban J connectivity index is 2.44. The summed E-state index contributed by atoms with van der Waals surface area (Å²) >= 11 is 0. The predicted octanol–water partition coefficient (Wildman–Crippen LogP) is 0.210. The first-order chi connectivity index (χ1) is 8.04. The lowest BCUT2D eigenvalue weighted by atomic mass is 10.2. The minimum Gasteiger partial charge on any atom is -0.476 e. The van der Waals surface area contributed by atoms with Crippen LogP contribution in [-0.2, 0) is 6.54 Å². The monoisotopic (exact) mass is 237 g/mol. The van der Waals surface area contributed by atoms with Gasteiger partial charge in [-0.1, -0.05) is 5.21 Å². The molecule has 0 aliphatic rings. The lowest BCUT2D eigenvalue weighted by Gasteiger charge is -2.21. The Bertz CT molecular complexity index is 423. The van der Waals surface area contributed by atoms with Crippen molar-refractivity contribution >= 4 is 5.97 Å². The van der Waals surface area contributed by atoms with Gasteiger partial charge in [-0.05, 0) is 14.0 Å². The third-order valence-corrected chi connectivity index (χ3v) is 2.58. The number of nitrogens with zero attached hydrogens (tertiary/aromatic N) is 5. The summed E-state index contributed by atoms with van der Waals surface area (Å²) in [5, 5.41) is 24.5. The van der Waals surface area contributed by atoms with E-state index in [4.69, 9.17) is 10.4 Å². The van der Waals surface area contributed by atoms with Crippen LogP contribution in [0.5, 0.6) is 0 Å². The quantitative estimate of drug-likeness (QED) is 0.760. The van der Waals surface area contributed by atoms with Gasteiger partial charge in [-0.3, -0.25) is 4.68 Å². The van der Waals surface area contributed by atoms with Crippen LogP contribution in [0.3, 0.4) is 0 Å². The smallest absolute Gasteiger partial charge is 0.358 e. The molecular formula is C10H15N5O2. The number of hydrogen-bond donors (Lipinski definition) is 1. The molecule has 1 aromatic heterocycles. The molecule has 0 amide bonds. The van der Waals surface area contributed by atoms with Gasteiger partial charge in [0.2, 0.25) is 0 Å². The lowest BCUT2D eigenvalue weighted by molar-refractivity contribution is 0.0690. The van der Waals surface area contributed by atoms with E-state index in [1.54, 1.807) is 0 Å². The third kappa shape index (κ3) is 3.85. The molecule has 0 bridgehead atoms. The molecule has 7 nitrogen and oxygen atoms in total. The first kappa shape index (κ1) is 13.1. The molecule has 0 fully saturated rings. The summed E-state index contributed by atoms with van der Waals surface area (Å²) in [7, 11) is 1.91. The molecule has 0 aliphatic carbocycles. The summed E-state index contributed by atoms with van der Waals surface area (Å²) < 4.78 is 1.49. The van der Waals surface area contributed by atoms with Crippen LogP contribution in [0, 0.1) is 11.3 Å². The van der Waals surface area contributed by atoms with Crippen molar-refractivity contribution < 1.29 is 9.90 Å². The Labute approximate surface area is 99.3 Å². The second-order valence-electron chi connectivity index (χ2n) is 3.86. The minimum absolute atomic E-state index is 0.0577. The average Bonchev–Trinajstić information content (AvgIpc) is 2.75. The van der Waals surface area contributed by atoms with E-state index in [2.05, 4.69) is 16.4 Å². The Hall–Kier alpha value is -1.94. The van der Waals surface area contributed by atoms with Crippen molar-refractivity contribution in [2.75, 3.05) is 13.6 Å². The minimum atomic E-state index is -1.08. The Morgan fingerprint density at radius 1 is 1.76 bits per heavy atom. The highest BCUT2D eigenvalue weighted by Crippen LogP contribution is 2.00. The third-order valence-electron chi connectivity index (χ3n) is 2.58. The zero-order valence-electron chi connectivity index (χ0n) is 9.87. The second kappa shape index (κ2) is 5.96. The number of carbonyl (C=O) groups is 1. The molecule has 1 aromatic rings. The number of carboxylic acid groups (broad SMARTS) is 1. The van der Waals surface area contributed by atoms with Crippen molar-refractivity contribution in [1.82, 2.24) is 19.9 Å². The molecule has 0 saturated carbocycles. The number of rotatable bonds is 6. The SMILES string of the molecule is CC(CC#N)N(C)CCn1cc(C(=O)O)nn1. The van der Waals surface area contributed by atoms with Crippen LogP contribution in [0.4, 0.5) is 0 Å². The molecule has 17 heavy (non-hydrogen) atoms. The molecule has 0 spiro atoms. The first-order valence-corrected chi connectivity index (χ1v) is 5.25. The molecule has 0 aliphatic heterocycles. The highest BCUT2D eigenvalue weighted by molar-refractivity contribution is 5.84. The van der Waals surface area contributed by atoms with Crippen molar-refractivity contribution in [3.8, 4) is 6.07 Å². The maximum absolute atomic E-state index is 10.6. The van der Waals surface area contributed by atoms with E-state index in [1.807, 2.05) is 18.9 Å². The average molecular weight is 237 g/mol. The van der Waals surface area contributed by atoms with Gasteiger partial charge in [0, 0.05) is 12.6 Å². The van der Waals surface area contributed by atoms with E-state index in [1.165, 1.54) is 10.9 Å². The van der Waals surface area contributed by atoms with E-state index in [9.17, 15) is 4.79 Å². The molecule has 7 heteroatoms. The fourth-order valence-corrected chi connectivity index (χ4v) is 1.27. The summed E-state index contributed by atoms with van der Waals surface area (Å²) in [5.41, 5.74) is -0.0577. The van der Waals surface area contributed by atoms with E-state index < -0.39 is 5.97 Å². The second-order valence-corrected chi connectivity index (χ2v) is 3.86. The lowest BCUT2D eigenvalue weighted by Crippen LogP contribution is -2.31. The topological polar surface area (TPSA) is 95.0 Å². The Morgan fingerprint density at radius 3 is 3.00 bits per heavy atom. The molecule has 0 saturated heterocycles. The van der Waals surface area contributed by atoms with Crippen LogP contribution < -0.4 is 0 Å². The molecule has 0 aromatic carbocycles. The van der Waals surface area contributed by atoms with E-state index in [-0.39, 0.29) is 11.7 Å². The van der Waals surface area contributed by atoms with Gasteiger partial charge in [-0.25, -0.2) is 4.79 Å². The van der Waals surface area contributed by atoms with Crippen LogP contribution in [0.1, 0.15) is 23.8 Å². The Kier molecular flexibility index (Phi) is 4.60. The first-order valence-electron chi connectivity index (χ1n) is 5.25. The van der Waals surface area contributed by atoms with Crippen LogP contribution in [0.25, 0.3) is 0 Å². The van der Waals surface area contributed by atoms with E-state index >= 15 is 0 Å². The van der Waals surface area contributed by atoms with Crippen LogP contribution >= 0.6 is 0 Å². The summed E-state index contributed by atoms with van der Waals surface area (Å²) in [5.74, 6) is -1.08. The van der Waals surface area contributed by atoms with Crippen molar-refractivity contribution in [1.29, 1.82) is 5.26 Å². The maximum Gasteiger partial charge on any atom is 0.358 e. The standard InChI is InChI=1S/C10H15N5O2/c1-8(3-4-11)14(2)5-6-15-7-9(10(16)17)12-13-15/h7-8H,3,5-6H2,1-2H3,(H,16,17). The van der Waals surface area contributed by atoms with Crippen LogP contribution in [0.2, 0.25) is 0 Å². The van der Waals surface area contributed by atoms with Gasteiger partial charge < -0.3 is 10.0 Å². The fourth-order valence-electron chi connectivity index (χ4n) is 1.27. The molecule has 1 rings (SSSR count). The van der Waals surface area contributed by atoms with Gasteiger partial charge in [0.05, 0.1) is 25.2 Å². The zero-order chi connectivity index (χ0) is 12.8. The fraction of sp³-hybridized carbons (Fsp3) is 0.600. The van der Waals surface area contributed by atoms with Gasteiger partial charge in [0.1, 0.15) is 0 Å². The molecule has 92 valence electrons. The molecule has 1 N–H and O–H groups in total. The van der Waals surface area contributed by atoms with Gasteiger partial charge in [-0.15, -0.1) is 5.10 Å². The number of hydrogen-bond acceptors (Lipinski definition) is 5. The number of carboxylic acids is 1. The summed E-state index contributed by atoms with van der Waals surface area (Å²) in [6, 6.07) is 2.28.